The normalized spacial score (nSPS) is 32.1. The number of hydrogen-bond donors (Lipinski definition) is 1. The van der Waals surface area contributed by atoms with Gasteiger partial charge < -0.3 is 9.84 Å². The number of rotatable bonds is 4. The average Bonchev–Trinajstić information content (AvgIpc) is 3.21. The molecule has 0 radical (unpaired) electrons. The molecule has 1 N–H and O–H groups in total. The first-order valence-electron chi connectivity index (χ1n) is 7.91. The maximum atomic E-state index is 10.4. The molecule has 110 valence electrons. The summed E-state index contributed by atoms with van der Waals surface area (Å²) in [5.41, 5.74) is -0.181. The highest BCUT2D eigenvalue weighted by molar-refractivity contribution is 5.26. The molecule has 0 aromatic heterocycles. The van der Waals surface area contributed by atoms with Crippen LogP contribution in [0.1, 0.15) is 38.5 Å². The molecule has 2 aliphatic carbocycles. The van der Waals surface area contributed by atoms with Crippen LogP contribution in [0.5, 0.6) is 0 Å². The summed E-state index contributed by atoms with van der Waals surface area (Å²) >= 11 is 0. The molecule has 3 nitrogen and oxygen atoms in total. The Bertz CT molecular complexity index is 414. The first kappa shape index (κ1) is 14.1. The summed E-state index contributed by atoms with van der Waals surface area (Å²) in [5.74, 6) is 7.50. The number of ether oxygens (including phenoxy) is 1. The molecule has 2 atom stereocenters. The zero-order valence-corrected chi connectivity index (χ0v) is 12.2. The molecule has 1 heterocycles. The van der Waals surface area contributed by atoms with E-state index in [9.17, 15) is 5.11 Å². The molecule has 0 amide bonds. The van der Waals surface area contributed by atoms with Gasteiger partial charge >= 0.3 is 0 Å². The van der Waals surface area contributed by atoms with E-state index in [-0.39, 0.29) is 17.7 Å². The van der Waals surface area contributed by atoms with Crippen LogP contribution in [0.4, 0.5) is 0 Å². The van der Waals surface area contributed by atoms with Gasteiger partial charge in [-0.25, -0.2) is 0 Å². The van der Waals surface area contributed by atoms with E-state index in [2.05, 4.69) is 23.3 Å². The topological polar surface area (TPSA) is 32.7 Å². The molecular formula is C17H25NO2. The van der Waals surface area contributed by atoms with Gasteiger partial charge in [0, 0.05) is 18.5 Å². The first-order valence-corrected chi connectivity index (χ1v) is 7.91. The van der Waals surface area contributed by atoms with Crippen molar-refractivity contribution in [3.05, 3.63) is 12.7 Å². The third-order valence-electron chi connectivity index (χ3n) is 4.74. The molecule has 3 rings (SSSR count). The monoisotopic (exact) mass is 275 g/mol. The molecular weight excluding hydrogens is 250 g/mol. The van der Waals surface area contributed by atoms with E-state index in [1.54, 1.807) is 0 Å². The molecule has 3 fully saturated rings. The Morgan fingerprint density at radius 1 is 1.25 bits per heavy atom. The van der Waals surface area contributed by atoms with Crippen molar-refractivity contribution in [1.82, 2.24) is 4.90 Å². The van der Waals surface area contributed by atoms with Crippen LogP contribution < -0.4 is 0 Å². The van der Waals surface area contributed by atoms with Crippen LogP contribution in [-0.2, 0) is 4.74 Å². The highest BCUT2D eigenvalue weighted by Crippen LogP contribution is 2.34. The second-order valence-corrected chi connectivity index (χ2v) is 6.43. The molecule has 20 heavy (non-hydrogen) atoms. The Hall–Kier alpha value is -0.820. The SMILES string of the molecule is C=CCN([C@@H]1CCCC[C@H]1O)C1(C#CC2CC2)COC1. The third-order valence-corrected chi connectivity index (χ3v) is 4.74. The maximum absolute atomic E-state index is 10.4. The molecule has 1 aliphatic heterocycles. The van der Waals surface area contributed by atoms with E-state index >= 15 is 0 Å². The summed E-state index contributed by atoms with van der Waals surface area (Å²) in [5, 5.41) is 10.4. The minimum absolute atomic E-state index is 0.181. The van der Waals surface area contributed by atoms with Gasteiger partial charge in [-0.05, 0) is 25.7 Å². The van der Waals surface area contributed by atoms with Crippen molar-refractivity contribution in [1.29, 1.82) is 0 Å². The van der Waals surface area contributed by atoms with Crippen molar-refractivity contribution in [2.45, 2.75) is 56.2 Å². The van der Waals surface area contributed by atoms with Crippen LogP contribution in [0, 0.1) is 17.8 Å². The van der Waals surface area contributed by atoms with E-state index in [4.69, 9.17) is 4.74 Å². The van der Waals surface area contributed by atoms with Crippen LogP contribution in [0.25, 0.3) is 0 Å². The van der Waals surface area contributed by atoms with Gasteiger partial charge in [-0.3, -0.25) is 4.90 Å². The average molecular weight is 275 g/mol. The highest BCUT2D eigenvalue weighted by Gasteiger charge is 2.47. The summed E-state index contributed by atoms with van der Waals surface area (Å²) in [4.78, 5) is 2.36. The molecule has 3 heteroatoms. The van der Waals surface area contributed by atoms with E-state index < -0.39 is 0 Å². The van der Waals surface area contributed by atoms with Gasteiger partial charge in [0.05, 0.1) is 19.3 Å². The molecule has 0 aromatic carbocycles. The summed E-state index contributed by atoms with van der Waals surface area (Å²) in [6.45, 7) is 6.01. The van der Waals surface area contributed by atoms with E-state index in [1.165, 1.54) is 19.3 Å². The largest absolute Gasteiger partial charge is 0.391 e. The minimum Gasteiger partial charge on any atom is -0.391 e. The van der Waals surface area contributed by atoms with Crippen molar-refractivity contribution in [3.63, 3.8) is 0 Å². The second-order valence-electron chi connectivity index (χ2n) is 6.43. The van der Waals surface area contributed by atoms with Gasteiger partial charge in [-0.1, -0.05) is 30.8 Å². The zero-order valence-electron chi connectivity index (χ0n) is 12.2. The fourth-order valence-electron chi connectivity index (χ4n) is 3.29. The lowest BCUT2D eigenvalue weighted by Crippen LogP contribution is -2.66. The number of hydrogen-bond acceptors (Lipinski definition) is 3. The Morgan fingerprint density at radius 3 is 2.55 bits per heavy atom. The molecule has 1 saturated heterocycles. The Morgan fingerprint density at radius 2 is 2.00 bits per heavy atom. The van der Waals surface area contributed by atoms with E-state index in [0.717, 1.165) is 25.8 Å². The standard InChI is InChI=1S/C17H25NO2/c1-2-11-18(15-5-3-4-6-16(15)19)17(12-20-13-17)10-9-14-7-8-14/h2,14-16,19H,1,3-8,11-13H2/t15-,16-/m1/s1. The number of aliphatic hydroxyl groups excluding tert-OH is 1. The lowest BCUT2D eigenvalue weighted by Gasteiger charge is -2.51. The van der Waals surface area contributed by atoms with Crippen LogP contribution in [0.3, 0.4) is 0 Å². The Balaban J connectivity index is 1.80. The van der Waals surface area contributed by atoms with Gasteiger partial charge in [0.15, 0.2) is 0 Å². The van der Waals surface area contributed by atoms with Gasteiger partial charge in [-0.2, -0.15) is 0 Å². The second kappa shape index (κ2) is 5.89. The highest BCUT2D eigenvalue weighted by atomic mass is 16.5. The fraction of sp³-hybridized carbons (Fsp3) is 0.765. The first-order chi connectivity index (χ1) is 9.75. The molecule has 0 unspecified atom stereocenters. The third kappa shape index (κ3) is 2.79. The molecule has 0 aromatic rings. The number of nitrogens with zero attached hydrogens (tertiary/aromatic N) is 1. The van der Waals surface area contributed by atoms with E-state index in [1.807, 2.05) is 6.08 Å². The van der Waals surface area contributed by atoms with Gasteiger partial charge in [0.2, 0.25) is 0 Å². The van der Waals surface area contributed by atoms with Crippen molar-refractivity contribution in [2.75, 3.05) is 19.8 Å². The molecule has 0 spiro atoms. The van der Waals surface area contributed by atoms with E-state index in [0.29, 0.717) is 19.1 Å². The molecule has 3 aliphatic rings. The summed E-state index contributed by atoms with van der Waals surface area (Å²) in [6, 6.07) is 0.208. The molecule has 0 bridgehead atoms. The van der Waals surface area contributed by atoms with Crippen molar-refractivity contribution in [2.24, 2.45) is 5.92 Å². The number of aliphatic hydroxyl groups is 1. The maximum Gasteiger partial charge on any atom is 0.130 e. The summed E-state index contributed by atoms with van der Waals surface area (Å²) < 4.78 is 5.48. The Labute approximate surface area is 122 Å². The summed E-state index contributed by atoms with van der Waals surface area (Å²) in [6.07, 6.45) is 8.49. The smallest absolute Gasteiger partial charge is 0.130 e. The Kier molecular flexibility index (Phi) is 4.16. The zero-order chi connectivity index (χ0) is 14.0. The quantitative estimate of drug-likeness (QED) is 0.629. The predicted molar refractivity (Wildman–Crippen MR) is 79.2 cm³/mol. The van der Waals surface area contributed by atoms with Gasteiger partial charge in [-0.15, -0.1) is 6.58 Å². The fourth-order valence-corrected chi connectivity index (χ4v) is 3.29. The van der Waals surface area contributed by atoms with Gasteiger partial charge in [0.1, 0.15) is 5.54 Å². The van der Waals surface area contributed by atoms with Crippen molar-refractivity contribution in [3.8, 4) is 11.8 Å². The van der Waals surface area contributed by atoms with Crippen molar-refractivity contribution >= 4 is 0 Å². The lowest BCUT2D eigenvalue weighted by molar-refractivity contribution is -0.136. The van der Waals surface area contributed by atoms with Crippen molar-refractivity contribution < 1.29 is 9.84 Å². The van der Waals surface area contributed by atoms with Crippen LogP contribution in [0.2, 0.25) is 0 Å². The molecule has 2 saturated carbocycles. The van der Waals surface area contributed by atoms with Gasteiger partial charge in [0.25, 0.3) is 0 Å². The predicted octanol–water partition coefficient (Wildman–Crippen LogP) is 1.96. The van der Waals surface area contributed by atoms with Crippen LogP contribution in [-0.4, -0.2) is 47.4 Å². The minimum atomic E-state index is -0.233. The van der Waals surface area contributed by atoms with Crippen LogP contribution in [0.15, 0.2) is 12.7 Å². The van der Waals surface area contributed by atoms with Crippen LogP contribution >= 0.6 is 0 Å². The summed E-state index contributed by atoms with van der Waals surface area (Å²) in [7, 11) is 0. The lowest BCUT2D eigenvalue weighted by atomic mass is 9.85.